The lowest BCUT2D eigenvalue weighted by Gasteiger charge is -2.18. The van der Waals surface area contributed by atoms with Crippen LogP contribution in [0, 0.1) is 0 Å². The average Bonchev–Trinajstić information content (AvgIpc) is 2.37. The molecule has 0 fully saturated rings. The van der Waals surface area contributed by atoms with Crippen LogP contribution in [0.5, 0.6) is 0 Å². The van der Waals surface area contributed by atoms with E-state index in [9.17, 15) is 0 Å². The van der Waals surface area contributed by atoms with Crippen molar-refractivity contribution in [1.82, 2.24) is 4.98 Å². The summed E-state index contributed by atoms with van der Waals surface area (Å²) in [5.41, 5.74) is 6.37. The van der Waals surface area contributed by atoms with Crippen molar-refractivity contribution < 1.29 is 0 Å². The Kier molecular flexibility index (Phi) is 6.65. The topological polar surface area (TPSA) is 50.9 Å². The normalized spacial score (nSPS) is 12.1. The Morgan fingerprint density at radius 1 is 1.33 bits per heavy atom. The predicted molar refractivity (Wildman–Crippen MR) is 82.0 cm³/mol. The number of hydrogen-bond donors (Lipinski definition) is 2. The van der Waals surface area contributed by atoms with Gasteiger partial charge in [0, 0.05) is 17.8 Å². The third-order valence-electron chi connectivity index (χ3n) is 2.94. The van der Waals surface area contributed by atoms with Gasteiger partial charge in [-0.25, -0.2) is 4.98 Å². The van der Waals surface area contributed by atoms with Gasteiger partial charge in [-0.2, -0.15) is 0 Å². The lowest BCUT2D eigenvalue weighted by Crippen LogP contribution is -2.20. The first-order chi connectivity index (χ1) is 8.67. The van der Waals surface area contributed by atoms with E-state index >= 15 is 0 Å². The van der Waals surface area contributed by atoms with Crippen LogP contribution in [0.15, 0.2) is 18.3 Å². The van der Waals surface area contributed by atoms with E-state index < -0.39 is 0 Å². The maximum Gasteiger partial charge on any atom is 0.126 e. The smallest absolute Gasteiger partial charge is 0.126 e. The predicted octanol–water partition coefficient (Wildman–Crippen LogP) is 3.49. The van der Waals surface area contributed by atoms with E-state index in [4.69, 9.17) is 18.0 Å². The lowest BCUT2D eigenvalue weighted by molar-refractivity contribution is 0.563. The number of anilines is 1. The molecule has 1 rings (SSSR count). The Labute approximate surface area is 115 Å². The van der Waals surface area contributed by atoms with E-state index in [1.807, 2.05) is 12.1 Å². The zero-order valence-electron chi connectivity index (χ0n) is 11.3. The van der Waals surface area contributed by atoms with E-state index in [0.717, 1.165) is 11.4 Å². The molecule has 0 aliphatic carbocycles. The van der Waals surface area contributed by atoms with Crippen molar-refractivity contribution in [2.24, 2.45) is 5.73 Å². The number of nitrogens with one attached hydrogen (secondary N) is 1. The van der Waals surface area contributed by atoms with Gasteiger partial charge in [-0.1, -0.05) is 45.3 Å². The summed E-state index contributed by atoms with van der Waals surface area (Å²) in [4.78, 5) is 4.75. The second kappa shape index (κ2) is 8.03. The van der Waals surface area contributed by atoms with Crippen molar-refractivity contribution in [3.8, 4) is 0 Å². The molecule has 0 spiro atoms. The number of unbranched alkanes of at least 4 members (excludes halogenated alkanes) is 1. The first-order valence-electron chi connectivity index (χ1n) is 6.69. The molecule has 0 aliphatic rings. The fraction of sp³-hybridized carbons (Fsp3) is 0.571. The van der Waals surface area contributed by atoms with Crippen LogP contribution in [-0.4, -0.2) is 16.0 Å². The molecule has 3 nitrogen and oxygen atoms in total. The third-order valence-corrected chi connectivity index (χ3v) is 3.18. The van der Waals surface area contributed by atoms with Gasteiger partial charge in [0.05, 0.1) is 0 Å². The molecule has 0 amide bonds. The first kappa shape index (κ1) is 14.9. The number of nitrogens with zero attached hydrogens (tertiary/aromatic N) is 1. The summed E-state index contributed by atoms with van der Waals surface area (Å²) in [7, 11) is 0. The van der Waals surface area contributed by atoms with Crippen molar-refractivity contribution in [2.75, 3.05) is 5.32 Å². The molecule has 0 bridgehead atoms. The highest BCUT2D eigenvalue weighted by atomic mass is 32.1. The molecular formula is C14H23N3S. The summed E-state index contributed by atoms with van der Waals surface area (Å²) >= 11 is 4.91. The number of hydrogen-bond acceptors (Lipinski definition) is 3. The minimum Gasteiger partial charge on any atom is -0.389 e. The van der Waals surface area contributed by atoms with Crippen LogP contribution in [0.4, 0.5) is 5.82 Å². The molecule has 1 aromatic heterocycles. The van der Waals surface area contributed by atoms with E-state index in [-0.39, 0.29) is 0 Å². The largest absolute Gasteiger partial charge is 0.389 e. The van der Waals surface area contributed by atoms with Crippen LogP contribution in [0.2, 0.25) is 0 Å². The second-order valence-corrected chi connectivity index (χ2v) is 5.01. The summed E-state index contributed by atoms with van der Waals surface area (Å²) in [6, 6.07) is 4.38. The van der Waals surface area contributed by atoms with Crippen LogP contribution < -0.4 is 11.1 Å². The summed E-state index contributed by atoms with van der Waals surface area (Å²) in [5, 5.41) is 3.49. The summed E-state index contributed by atoms with van der Waals surface area (Å²) in [5.74, 6) is 0.907. The molecule has 4 heteroatoms. The van der Waals surface area contributed by atoms with Gasteiger partial charge in [0.25, 0.3) is 0 Å². The molecule has 0 saturated carbocycles. The molecular weight excluding hydrogens is 242 g/mol. The van der Waals surface area contributed by atoms with Crippen LogP contribution in [0.3, 0.4) is 0 Å². The van der Waals surface area contributed by atoms with Crippen molar-refractivity contribution in [1.29, 1.82) is 0 Å². The van der Waals surface area contributed by atoms with E-state index in [1.165, 1.54) is 32.1 Å². The zero-order chi connectivity index (χ0) is 13.4. The summed E-state index contributed by atoms with van der Waals surface area (Å²) in [6.07, 6.45) is 7.78. The number of rotatable bonds is 8. The van der Waals surface area contributed by atoms with Gasteiger partial charge in [-0.05, 0) is 25.0 Å². The molecule has 1 heterocycles. The molecule has 0 radical (unpaired) electrons. The van der Waals surface area contributed by atoms with Crippen molar-refractivity contribution in [3.05, 3.63) is 23.9 Å². The maximum atomic E-state index is 5.55. The van der Waals surface area contributed by atoms with Gasteiger partial charge in [-0.15, -0.1) is 0 Å². The first-order valence-corrected chi connectivity index (χ1v) is 7.10. The third kappa shape index (κ3) is 5.00. The SMILES string of the molecule is CCCCC(CCC)Nc1ccc(C(N)=S)cn1. The molecule has 0 aliphatic heterocycles. The fourth-order valence-electron chi connectivity index (χ4n) is 1.92. The summed E-state index contributed by atoms with van der Waals surface area (Å²) < 4.78 is 0. The molecule has 1 atom stereocenters. The number of aromatic nitrogens is 1. The van der Waals surface area contributed by atoms with Crippen LogP contribution in [0.1, 0.15) is 51.5 Å². The highest BCUT2D eigenvalue weighted by Crippen LogP contribution is 2.13. The number of pyridine rings is 1. The number of nitrogens with two attached hydrogens (primary N) is 1. The maximum absolute atomic E-state index is 5.55. The Balaban J connectivity index is 2.59. The Hall–Kier alpha value is -1.16. The van der Waals surface area contributed by atoms with Crippen LogP contribution in [0.25, 0.3) is 0 Å². The van der Waals surface area contributed by atoms with Gasteiger partial charge < -0.3 is 11.1 Å². The lowest BCUT2D eigenvalue weighted by atomic mass is 10.1. The minimum absolute atomic E-state index is 0.394. The van der Waals surface area contributed by atoms with Gasteiger partial charge in [-0.3, -0.25) is 0 Å². The highest BCUT2D eigenvalue weighted by molar-refractivity contribution is 7.80. The van der Waals surface area contributed by atoms with Crippen LogP contribution >= 0.6 is 12.2 Å². The van der Waals surface area contributed by atoms with Crippen LogP contribution in [-0.2, 0) is 0 Å². The van der Waals surface area contributed by atoms with E-state index in [2.05, 4.69) is 24.1 Å². The Morgan fingerprint density at radius 3 is 2.61 bits per heavy atom. The minimum atomic E-state index is 0.394. The van der Waals surface area contributed by atoms with Crippen molar-refractivity contribution >= 4 is 23.0 Å². The molecule has 1 aromatic rings. The molecule has 0 saturated heterocycles. The molecule has 3 N–H and O–H groups in total. The molecule has 18 heavy (non-hydrogen) atoms. The van der Waals surface area contributed by atoms with E-state index in [0.29, 0.717) is 11.0 Å². The molecule has 100 valence electrons. The second-order valence-electron chi connectivity index (χ2n) is 4.57. The van der Waals surface area contributed by atoms with E-state index in [1.54, 1.807) is 6.20 Å². The van der Waals surface area contributed by atoms with Gasteiger partial charge >= 0.3 is 0 Å². The molecule has 1 unspecified atom stereocenters. The summed E-state index contributed by atoms with van der Waals surface area (Å²) in [6.45, 7) is 4.43. The Morgan fingerprint density at radius 2 is 2.11 bits per heavy atom. The fourth-order valence-corrected chi connectivity index (χ4v) is 2.04. The molecule has 0 aromatic carbocycles. The number of thiocarbonyl (C=S) groups is 1. The monoisotopic (exact) mass is 265 g/mol. The van der Waals surface area contributed by atoms with Gasteiger partial charge in [0.1, 0.15) is 10.8 Å². The highest BCUT2D eigenvalue weighted by Gasteiger charge is 2.07. The zero-order valence-corrected chi connectivity index (χ0v) is 12.1. The standard InChI is InChI=1S/C14H23N3S/c1-3-5-7-12(6-4-2)17-13-9-8-11(10-16-13)14(15)18/h8-10,12H,3-7H2,1-2H3,(H2,15,18)(H,16,17). The van der Waals surface area contributed by atoms with Crippen molar-refractivity contribution in [3.63, 3.8) is 0 Å². The quantitative estimate of drug-likeness (QED) is 0.706. The average molecular weight is 265 g/mol. The Bertz CT molecular complexity index is 362. The van der Waals surface area contributed by atoms with Gasteiger partial charge in [0.2, 0.25) is 0 Å². The van der Waals surface area contributed by atoms with Gasteiger partial charge in [0.15, 0.2) is 0 Å². The van der Waals surface area contributed by atoms with Crippen molar-refractivity contribution in [2.45, 2.75) is 52.0 Å².